The first-order chi connectivity index (χ1) is 16.4. The number of aliphatic hydroxyl groups is 1. The first kappa shape index (κ1) is 25.3. The van der Waals surface area contributed by atoms with E-state index >= 15 is 0 Å². The van der Waals surface area contributed by atoms with Crippen LogP contribution in [0.3, 0.4) is 0 Å². The summed E-state index contributed by atoms with van der Waals surface area (Å²) in [5, 5.41) is 15.4. The van der Waals surface area contributed by atoms with Gasteiger partial charge in [0.05, 0.1) is 24.7 Å². The Balaban J connectivity index is 1.47. The molecule has 2 amide bonds. The molecule has 35 heavy (non-hydrogen) atoms. The Morgan fingerprint density at radius 1 is 1.29 bits per heavy atom. The lowest BCUT2D eigenvalue weighted by Crippen LogP contribution is -2.61. The zero-order chi connectivity index (χ0) is 25.7. The van der Waals surface area contributed by atoms with Gasteiger partial charge in [0.2, 0.25) is 11.7 Å². The third kappa shape index (κ3) is 4.37. The Labute approximate surface area is 205 Å². The minimum absolute atomic E-state index is 0.0201. The Morgan fingerprint density at radius 3 is 2.60 bits per heavy atom. The molecule has 3 N–H and O–H groups in total. The van der Waals surface area contributed by atoms with Gasteiger partial charge in [0.25, 0.3) is 5.91 Å². The van der Waals surface area contributed by atoms with E-state index in [0.717, 1.165) is 5.57 Å². The summed E-state index contributed by atoms with van der Waals surface area (Å²) in [4.78, 5) is 36.9. The number of rotatable bonds is 6. The van der Waals surface area contributed by atoms with Crippen LogP contribution in [0.5, 0.6) is 0 Å². The van der Waals surface area contributed by atoms with Crippen LogP contribution < -0.4 is 10.6 Å². The number of hydrogen-bond donors (Lipinski definition) is 3. The topological polar surface area (TPSA) is 126 Å². The van der Waals surface area contributed by atoms with Crippen molar-refractivity contribution in [2.75, 3.05) is 13.7 Å². The van der Waals surface area contributed by atoms with Crippen LogP contribution >= 0.6 is 0 Å². The van der Waals surface area contributed by atoms with Crippen molar-refractivity contribution in [1.82, 2.24) is 10.6 Å². The van der Waals surface area contributed by atoms with E-state index in [4.69, 9.17) is 14.2 Å². The molecule has 4 aliphatic rings. The van der Waals surface area contributed by atoms with E-state index < -0.39 is 40.8 Å². The minimum Gasteiger partial charge on any atom is -0.507 e. The Bertz CT molecular complexity index is 1050. The average Bonchev–Trinajstić information content (AvgIpc) is 3.55. The molecule has 0 aromatic rings. The van der Waals surface area contributed by atoms with Crippen molar-refractivity contribution in [3.8, 4) is 0 Å². The number of allylic oxidation sites excluding steroid dienone is 3. The molecule has 0 aliphatic carbocycles. The number of Topliss-reactive ketones (excluding diaryl/α,β-unsaturated/α-hetero) is 1. The highest BCUT2D eigenvalue weighted by Gasteiger charge is 2.65. The van der Waals surface area contributed by atoms with E-state index in [1.807, 2.05) is 19.9 Å². The quantitative estimate of drug-likeness (QED) is 0.131. The summed E-state index contributed by atoms with van der Waals surface area (Å²) in [7, 11) is 1.46. The van der Waals surface area contributed by atoms with Crippen molar-refractivity contribution in [2.45, 2.75) is 64.3 Å². The average molecular weight is 487 g/mol. The van der Waals surface area contributed by atoms with Gasteiger partial charge in [0.1, 0.15) is 17.4 Å². The van der Waals surface area contributed by atoms with Gasteiger partial charge < -0.3 is 30.0 Å². The molecular formula is C26H34N2O7. The maximum Gasteiger partial charge on any atom is 0.259 e. The summed E-state index contributed by atoms with van der Waals surface area (Å²) in [6.07, 6.45) is 8.94. The molecule has 0 radical (unpaired) electrons. The van der Waals surface area contributed by atoms with Crippen molar-refractivity contribution in [3.63, 3.8) is 0 Å². The third-order valence-corrected chi connectivity index (χ3v) is 7.54. The highest BCUT2D eigenvalue weighted by molar-refractivity contribution is 6.27. The standard InChI is InChI=1S/C26H34N2O7/c1-13(7-8-17(29)19-21(30)20(28-24(19)32)16(4)23(31)27-6)11-14(2)22-15(3)18-9-10-26(12-33-26)25(5,34-18)35-22/h7-11,14-16,18,20,22,29H,12H2,1-6H3,(H,27,31)(H,28,32). The molecule has 4 rings (SSSR count). The van der Waals surface area contributed by atoms with Crippen LogP contribution in [0.4, 0.5) is 0 Å². The molecule has 2 bridgehead atoms. The van der Waals surface area contributed by atoms with Crippen LogP contribution in [0.2, 0.25) is 0 Å². The number of nitrogens with one attached hydrogen (secondary N) is 2. The van der Waals surface area contributed by atoms with Crippen molar-refractivity contribution in [2.24, 2.45) is 17.8 Å². The van der Waals surface area contributed by atoms with Gasteiger partial charge in [-0.25, -0.2) is 0 Å². The monoisotopic (exact) mass is 486 g/mol. The molecule has 4 aliphatic heterocycles. The summed E-state index contributed by atoms with van der Waals surface area (Å²) in [5.41, 5.74) is -0.0254. The van der Waals surface area contributed by atoms with E-state index in [1.165, 1.54) is 13.1 Å². The van der Waals surface area contributed by atoms with Gasteiger partial charge in [0.15, 0.2) is 11.4 Å². The summed E-state index contributed by atoms with van der Waals surface area (Å²) < 4.78 is 18.3. The second-order valence-corrected chi connectivity index (χ2v) is 10.1. The van der Waals surface area contributed by atoms with E-state index in [9.17, 15) is 19.5 Å². The van der Waals surface area contributed by atoms with Crippen LogP contribution in [-0.4, -0.2) is 66.0 Å². The second-order valence-electron chi connectivity index (χ2n) is 10.1. The molecule has 9 heteroatoms. The Kier molecular flexibility index (Phi) is 6.54. The SMILES string of the molecule is CNC(=O)C(C)C1NC(=O)C(=C(O)C=CC(C)=CC(C)C2OC3(C)OC(C=CC34CO4)C2C)C1=O. The smallest absolute Gasteiger partial charge is 0.259 e. The summed E-state index contributed by atoms with van der Waals surface area (Å²) >= 11 is 0. The number of amides is 2. The van der Waals surface area contributed by atoms with Crippen molar-refractivity contribution in [1.29, 1.82) is 0 Å². The molecule has 0 aromatic carbocycles. The molecule has 0 aromatic heterocycles. The molecule has 8 unspecified atom stereocenters. The van der Waals surface area contributed by atoms with Crippen molar-refractivity contribution >= 4 is 17.6 Å². The lowest BCUT2D eigenvalue weighted by atomic mass is 9.82. The molecule has 8 atom stereocenters. The lowest BCUT2D eigenvalue weighted by Gasteiger charge is -2.51. The van der Waals surface area contributed by atoms with Crippen LogP contribution in [0.15, 0.2) is 47.3 Å². The molecular weight excluding hydrogens is 452 g/mol. The third-order valence-electron chi connectivity index (χ3n) is 7.54. The van der Waals surface area contributed by atoms with Gasteiger partial charge in [-0.15, -0.1) is 0 Å². The number of fused-ring (bicyclic) bond motifs is 3. The fourth-order valence-corrected chi connectivity index (χ4v) is 5.17. The number of aliphatic hydroxyl groups excluding tert-OH is 1. The molecule has 3 fully saturated rings. The predicted octanol–water partition coefficient (Wildman–Crippen LogP) is 1.86. The van der Waals surface area contributed by atoms with E-state index in [2.05, 4.69) is 36.6 Å². The molecule has 190 valence electrons. The highest BCUT2D eigenvalue weighted by atomic mass is 16.8. The normalized spacial score (nSPS) is 39.5. The lowest BCUT2D eigenvalue weighted by molar-refractivity contribution is -0.346. The predicted molar refractivity (Wildman–Crippen MR) is 127 cm³/mol. The number of ketones is 1. The van der Waals surface area contributed by atoms with Crippen molar-refractivity contribution in [3.05, 3.63) is 47.3 Å². The summed E-state index contributed by atoms with van der Waals surface area (Å²) in [6, 6.07) is -1.01. The summed E-state index contributed by atoms with van der Waals surface area (Å²) in [5.74, 6) is -3.56. The second kappa shape index (κ2) is 9.04. The molecule has 4 heterocycles. The number of ether oxygens (including phenoxy) is 3. The van der Waals surface area contributed by atoms with Crippen LogP contribution in [-0.2, 0) is 28.6 Å². The van der Waals surface area contributed by atoms with Crippen LogP contribution in [0.25, 0.3) is 0 Å². The first-order valence-corrected chi connectivity index (χ1v) is 12.0. The van der Waals surface area contributed by atoms with E-state index in [1.54, 1.807) is 13.0 Å². The van der Waals surface area contributed by atoms with Crippen LogP contribution in [0.1, 0.15) is 34.6 Å². The fraction of sp³-hybridized carbons (Fsp3) is 0.577. The zero-order valence-corrected chi connectivity index (χ0v) is 21.0. The van der Waals surface area contributed by atoms with E-state index in [0.29, 0.717) is 6.61 Å². The maximum atomic E-state index is 12.7. The molecule has 0 saturated carbocycles. The summed E-state index contributed by atoms with van der Waals surface area (Å²) in [6.45, 7) is 10.1. The van der Waals surface area contributed by atoms with E-state index in [-0.39, 0.29) is 35.5 Å². The van der Waals surface area contributed by atoms with Gasteiger partial charge in [-0.2, -0.15) is 0 Å². The number of carbonyl (C=O) groups is 3. The number of carbonyl (C=O) groups excluding carboxylic acids is 3. The van der Waals surface area contributed by atoms with Crippen LogP contribution in [0, 0.1) is 17.8 Å². The first-order valence-electron chi connectivity index (χ1n) is 12.0. The fourth-order valence-electron chi connectivity index (χ4n) is 5.17. The largest absolute Gasteiger partial charge is 0.507 e. The molecule has 3 saturated heterocycles. The van der Waals surface area contributed by atoms with Gasteiger partial charge in [-0.3, -0.25) is 14.4 Å². The van der Waals surface area contributed by atoms with Gasteiger partial charge in [-0.1, -0.05) is 44.6 Å². The number of epoxide rings is 1. The highest BCUT2D eigenvalue weighted by Crippen LogP contribution is 2.51. The maximum absolute atomic E-state index is 12.7. The van der Waals surface area contributed by atoms with Gasteiger partial charge in [-0.05, 0) is 26.0 Å². The molecule has 9 nitrogen and oxygen atoms in total. The minimum atomic E-state index is -1.01. The van der Waals surface area contributed by atoms with Gasteiger partial charge >= 0.3 is 0 Å². The number of hydrogen-bond acceptors (Lipinski definition) is 7. The van der Waals surface area contributed by atoms with Gasteiger partial charge in [0, 0.05) is 18.9 Å². The Hall–Kier alpha value is -2.75. The van der Waals surface area contributed by atoms with Crippen molar-refractivity contribution < 1.29 is 33.7 Å². The Morgan fingerprint density at radius 2 is 1.97 bits per heavy atom. The zero-order valence-electron chi connectivity index (χ0n) is 21.0. The molecule has 1 spiro atoms.